The SMILES string of the molecule is CCOC=O.CN=C(N)c1cnc(NC(=O)NC(C)c2ccccc2)cc1N. The topological polar surface area (TPSA) is 145 Å². The predicted octanol–water partition coefficient (Wildman–Crippen LogP) is 2.06. The molecule has 0 fully saturated rings. The minimum absolute atomic E-state index is 0.129. The maximum Gasteiger partial charge on any atom is 0.320 e. The largest absolute Gasteiger partial charge is 0.468 e. The van der Waals surface area contributed by atoms with Crippen molar-refractivity contribution in [1.29, 1.82) is 0 Å². The Hall–Kier alpha value is -3.62. The fourth-order valence-electron chi connectivity index (χ4n) is 2.12. The molecule has 0 saturated heterocycles. The lowest BCUT2D eigenvalue weighted by Crippen LogP contribution is -2.31. The van der Waals surface area contributed by atoms with Crippen LogP contribution in [-0.4, -0.2) is 37.0 Å². The van der Waals surface area contributed by atoms with Crippen LogP contribution in [0.3, 0.4) is 0 Å². The minimum Gasteiger partial charge on any atom is -0.468 e. The summed E-state index contributed by atoms with van der Waals surface area (Å²) in [6.45, 7) is 4.57. The van der Waals surface area contributed by atoms with E-state index in [0.717, 1.165) is 5.56 Å². The van der Waals surface area contributed by atoms with Gasteiger partial charge in [-0.1, -0.05) is 30.3 Å². The van der Waals surface area contributed by atoms with E-state index >= 15 is 0 Å². The average molecular weight is 386 g/mol. The van der Waals surface area contributed by atoms with Gasteiger partial charge in [0.25, 0.3) is 6.47 Å². The Bertz CT molecular complexity index is 796. The zero-order chi connectivity index (χ0) is 20.9. The number of hydrogen-bond donors (Lipinski definition) is 4. The molecule has 9 heteroatoms. The average Bonchev–Trinajstić information content (AvgIpc) is 2.69. The highest BCUT2D eigenvalue weighted by Crippen LogP contribution is 2.15. The maximum absolute atomic E-state index is 12.0. The molecule has 0 spiro atoms. The number of benzene rings is 1. The molecule has 1 aromatic heterocycles. The van der Waals surface area contributed by atoms with Crippen molar-refractivity contribution in [3.63, 3.8) is 0 Å². The number of urea groups is 1. The number of nitrogens with two attached hydrogens (primary N) is 2. The number of aromatic nitrogens is 1. The molecule has 0 saturated carbocycles. The number of ether oxygens (including phenoxy) is 1. The summed E-state index contributed by atoms with van der Waals surface area (Å²) in [5.74, 6) is 0.636. The van der Waals surface area contributed by atoms with Gasteiger partial charge in [-0.3, -0.25) is 15.1 Å². The van der Waals surface area contributed by atoms with Gasteiger partial charge in [-0.15, -0.1) is 0 Å². The monoisotopic (exact) mass is 386 g/mol. The van der Waals surface area contributed by atoms with E-state index in [1.54, 1.807) is 20.0 Å². The number of rotatable bonds is 6. The number of nitrogens with one attached hydrogen (secondary N) is 2. The van der Waals surface area contributed by atoms with Crippen LogP contribution in [0, 0.1) is 0 Å². The first kappa shape index (κ1) is 22.4. The number of anilines is 2. The lowest BCUT2D eigenvalue weighted by molar-refractivity contribution is -0.128. The molecule has 6 N–H and O–H groups in total. The van der Waals surface area contributed by atoms with Crippen LogP contribution >= 0.6 is 0 Å². The summed E-state index contributed by atoms with van der Waals surface area (Å²) in [4.78, 5) is 29.2. The van der Waals surface area contributed by atoms with Crippen LogP contribution in [-0.2, 0) is 9.53 Å². The second kappa shape index (κ2) is 11.9. The van der Waals surface area contributed by atoms with Gasteiger partial charge in [0.05, 0.1) is 18.2 Å². The standard InChI is InChI=1S/C16H20N6O.C3H6O2/c1-10(11-6-4-3-5-7-11)21-16(23)22-14-8-13(17)12(9-20-14)15(18)19-2;1-2-5-3-4/h3-10H,1-2H3,(H2,18,19)(H4,17,20,21,22,23);3H,2H2,1H3. The third kappa shape index (κ3) is 7.32. The van der Waals surface area contributed by atoms with Crippen LogP contribution in [0.25, 0.3) is 0 Å². The van der Waals surface area contributed by atoms with Crippen LogP contribution in [0.2, 0.25) is 0 Å². The van der Waals surface area contributed by atoms with Crippen molar-refractivity contribution in [1.82, 2.24) is 10.3 Å². The number of hydrogen-bond acceptors (Lipinski definition) is 6. The van der Waals surface area contributed by atoms with Gasteiger partial charge < -0.3 is 21.5 Å². The van der Waals surface area contributed by atoms with Gasteiger partial charge in [0.1, 0.15) is 11.7 Å². The third-order valence-electron chi connectivity index (χ3n) is 3.58. The van der Waals surface area contributed by atoms with Crippen molar-refractivity contribution in [2.24, 2.45) is 10.7 Å². The van der Waals surface area contributed by atoms with Crippen molar-refractivity contribution in [2.45, 2.75) is 19.9 Å². The van der Waals surface area contributed by atoms with Crippen molar-refractivity contribution in [3.05, 3.63) is 53.7 Å². The fourth-order valence-corrected chi connectivity index (χ4v) is 2.12. The van der Waals surface area contributed by atoms with Crippen LogP contribution < -0.4 is 22.1 Å². The Labute approximate surface area is 164 Å². The zero-order valence-corrected chi connectivity index (χ0v) is 16.2. The Morgan fingerprint density at radius 1 is 1.36 bits per heavy atom. The van der Waals surface area contributed by atoms with Crippen LogP contribution in [0.15, 0.2) is 47.6 Å². The van der Waals surface area contributed by atoms with Gasteiger partial charge >= 0.3 is 6.03 Å². The number of pyridine rings is 1. The number of aliphatic imine (C=N–C) groups is 1. The molecular formula is C19H26N6O3. The molecule has 1 atom stereocenters. The normalized spacial score (nSPS) is 11.5. The van der Waals surface area contributed by atoms with Crippen molar-refractivity contribution < 1.29 is 14.3 Å². The smallest absolute Gasteiger partial charge is 0.320 e. The number of carbonyl (C=O) groups is 2. The van der Waals surface area contributed by atoms with Crippen LogP contribution in [0.5, 0.6) is 0 Å². The van der Waals surface area contributed by atoms with E-state index in [0.29, 0.717) is 36.0 Å². The second-order valence-corrected chi connectivity index (χ2v) is 5.55. The highest BCUT2D eigenvalue weighted by molar-refractivity contribution is 6.02. The van der Waals surface area contributed by atoms with E-state index in [9.17, 15) is 9.59 Å². The van der Waals surface area contributed by atoms with Gasteiger partial charge in [-0.05, 0) is 19.4 Å². The maximum atomic E-state index is 12.0. The molecule has 9 nitrogen and oxygen atoms in total. The number of amides is 2. The van der Waals surface area contributed by atoms with Crippen LogP contribution in [0.1, 0.15) is 31.0 Å². The summed E-state index contributed by atoms with van der Waals surface area (Å²) in [6.07, 6.45) is 1.48. The molecule has 28 heavy (non-hydrogen) atoms. The lowest BCUT2D eigenvalue weighted by Gasteiger charge is -2.15. The van der Waals surface area contributed by atoms with Gasteiger partial charge in [-0.2, -0.15) is 0 Å². The van der Waals surface area contributed by atoms with Crippen LogP contribution in [0.4, 0.5) is 16.3 Å². The van der Waals surface area contributed by atoms with Gasteiger partial charge in [0.2, 0.25) is 0 Å². The first-order valence-electron chi connectivity index (χ1n) is 8.58. The molecule has 2 amide bonds. The minimum atomic E-state index is -0.363. The molecule has 1 unspecified atom stereocenters. The first-order chi connectivity index (χ1) is 13.4. The van der Waals surface area contributed by atoms with E-state index < -0.39 is 0 Å². The van der Waals surface area contributed by atoms with Crippen molar-refractivity contribution >= 4 is 29.8 Å². The quantitative estimate of drug-likeness (QED) is 0.340. The summed E-state index contributed by atoms with van der Waals surface area (Å²) in [5.41, 5.74) is 13.5. The fraction of sp³-hybridized carbons (Fsp3) is 0.263. The molecule has 1 aromatic carbocycles. The summed E-state index contributed by atoms with van der Waals surface area (Å²) >= 11 is 0. The molecule has 0 radical (unpaired) electrons. The Morgan fingerprint density at radius 2 is 2.04 bits per heavy atom. The summed E-state index contributed by atoms with van der Waals surface area (Å²) in [7, 11) is 1.57. The summed E-state index contributed by atoms with van der Waals surface area (Å²) < 4.78 is 4.15. The number of nitrogen functional groups attached to an aromatic ring is 1. The van der Waals surface area contributed by atoms with E-state index in [1.165, 1.54) is 6.20 Å². The third-order valence-corrected chi connectivity index (χ3v) is 3.58. The van der Waals surface area contributed by atoms with E-state index in [1.807, 2.05) is 37.3 Å². The number of carbonyl (C=O) groups excluding carboxylic acids is 2. The zero-order valence-electron chi connectivity index (χ0n) is 16.2. The Kier molecular flexibility index (Phi) is 9.52. The molecule has 0 aliphatic heterocycles. The Morgan fingerprint density at radius 3 is 2.54 bits per heavy atom. The predicted molar refractivity (Wildman–Crippen MR) is 110 cm³/mol. The molecule has 0 aliphatic carbocycles. The molecule has 0 aliphatic rings. The molecule has 2 rings (SSSR count). The molecule has 2 aromatic rings. The highest BCUT2D eigenvalue weighted by Gasteiger charge is 2.11. The number of nitrogens with zero attached hydrogens (tertiary/aromatic N) is 2. The lowest BCUT2D eigenvalue weighted by atomic mass is 10.1. The highest BCUT2D eigenvalue weighted by atomic mass is 16.5. The number of amidine groups is 1. The van der Waals surface area contributed by atoms with E-state index in [4.69, 9.17) is 11.5 Å². The van der Waals surface area contributed by atoms with E-state index in [-0.39, 0.29) is 12.1 Å². The summed E-state index contributed by atoms with van der Waals surface area (Å²) in [5, 5.41) is 5.48. The first-order valence-corrected chi connectivity index (χ1v) is 8.58. The molecule has 150 valence electrons. The van der Waals surface area contributed by atoms with Gasteiger partial charge in [0, 0.05) is 25.0 Å². The molecule has 0 bridgehead atoms. The van der Waals surface area contributed by atoms with Gasteiger partial charge in [-0.25, -0.2) is 9.78 Å². The van der Waals surface area contributed by atoms with E-state index in [2.05, 4.69) is 25.3 Å². The van der Waals surface area contributed by atoms with Crippen molar-refractivity contribution in [3.8, 4) is 0 Å². The van der Waals surface area contributed by atoms with Gasteiger partial charge in [0.15, 0.2) is 0 Å². The molecule has 1 heterocycles. The second-order valence-electron chi connectivity index (χ2n) is 5.55. The molecular weight excluding hydrogens is 360 g/mol. The summed E-state index contributed by atoms with van der Waals surface area (Å²) in [6, 6.07) is 10.7. The Balaban J connectivity index is 0.000000696. The van der Waals surface area contributed by atoms with Crippen molar-refractivity contribution in [2.75, 3.05) is 24.7 Å².